The maximum atomic E-state index is 5.28. The minimum Gasteiger partial charge on any atom is -0.463 e. The zero-order valence-electron chi connectivity index (χ0n) is 8.11. The van der Waals surface area contributed by atoms with Crippen LogP contribution in [-0.4, -0.2) is 17.0 Å². The number of nitrogens with zero attached hydrogens (tertiary/aromatic N) is 2. The Labute approximate surface area is 82.0 Å². The highest BCUT2D eigenvalue weighted by Gasteiger charge is 2.09. The van der Waals surface area contributed by atoms with Crippen LogP contribution in [0, 0.1) is 6.92 Å². The molecule has 2 rings (SSSR count). The number of rotatable bonds is 2. The molecule has 0 bridgehead atoms. The van der Waals surface area contributed by atoms with Gasteiger partial charge in [0.2, 0.25) is 0 Å². The standard InChI is InChI=1S/C10H11N3O/c1-7-9(8-4-3-5-14-8)12-6-13-10(7)11-2/h3-6H,1-2H3,(H,11,12,13). The highest BCUT2D eigenvalue weighted by atomic mass is 16.3. The molecule has 0 aliphatic rings. The first-order valence-corrected chi connectivity index (χ1v) is 4.36. The van der Waals surface area contributed by atoms with E-state index in [0.29, 0.717) is 0 Å². The van der Waals surface area contributed by atoms with Gasteiger partial charge in [-0.15, -0.1) is 0 Å². The van der Waals surface area contributed by atoms with Gasteiger partial charge >= 0.3 is 0 Å². The Morgan fingerprint density at radius 2 is 2.21 bits per heavy atom. The van der Waals surface area contributed by atoms with Gasteiger partial charge in [-0.3, -0.25) is 0 Å². The van der Waals surface area contributed by atoms with Crippen LogP contribution in [0.4, 0.5) is 5.82 Å². The van der Waals surface area contributed by atoms with Gasteiger partial charge in [0.15, 0.2) is 5.76 Å². The Hall–Kier alpha value is -1.84. The monoisotopic (exact) mass is 189 g/mol. The molecule has 0 aliphatic carbocycles. The second-order valence-corrected chi connectivity index (χ2v) is 2.92. The van der Waals surface area contributed by atoms with Crippen LogP contribution < -0.4 is 5.32 Å². The smallest absolute Gasteiger partial charge is 0.152 e. The molecule has 0 aliphatic heterocycles. The molecule has 1 N–H and O–H groups in total. The normalized spacial score (nSPS) is 10.1. The van der Waals surface area contributed by atoms with Crippen molar-refractivity contribution in [3.8, 4) is 11.5 Å². The molecule has 0 fully saturated rings. The van der Waals surface area contributed by atoms with Crippen LogP contribution in [0.15, 0.2) is 29.1 Å². The Morgan fingerprint density at radius 1 is 1.36 bits per heavy atom. The molecular weight excluding hydrogens is 178 g/mol. The molecule has 0 radical (unpaired) electrons. The largest absolute Gasteiger partial charge is 0.463 e. The molecule has 2 heterocycles. The molecule has 0 aromatic carbocycles. The lowest BCUT2D eigenvalue weighted by Crippen LogP contribution is -1.98. The molecule has 2 aromatic rings. The van der Waals surface area contributed by atoms with E-state index in [2.05, 4.69) is 15.3 Å². The van der Waals surface area contributed by atoms with Gasteiger partial charge in [-0.2, -0.15) is 0 Å². The fourth-order valence-electron chi connectivity index (χ4n) is 1.36. The summed E-state index contributed by atoms with van der Waals surface area (Å²) in [4.78, 5) is 8.29. The molecule has 0 atom stereocenters. The predicted molar refractivity (Wildman–Crippen MR) is 54.0 cm³/mol. The third-order valence-corrected chi connectivity index (χ3v) is 2.08. The molecule has 4 heteroatoms. The Bertz CT molecular complexity index is 423. The van der Waals surface area contributed by atoms with Crippen LogP contribution in [0.3, 0.4) is 0 Å². The van der Waals surface area contributed by atoms with Crippen LogP contribution in [0.5, 0.6) is 0 Å². The van der Waals surface area contributed by atoms with Crippen molar-refractivity contribution in [2.45, 2.75) is 6.92 Å². The fourth-order valence-corrected chi connectivity index (χ4v) is 1.36. The number of aromatic nitrogens is 2. The lowest BCUT2D eigenvalue weighted by atomic mass is 10.2. The fraction of sp³-hybridized carbons (Fsp3) is 0.200. The van der Waals surface area contributed by atoms with Gasteiger partial charge in [-0.1, -0.05) is 0 Å². The van der Waals surface area contributed by atoms with Gasteiger partial charge in [0.1, 0.15) is 17.8 Å². The van der Waals surface area contributed by atoms with E-state index in [9.17, 15) is 0 Å². The molecule has 2 aromatic heterocycles. The summed E-state index contributed by atoms with van der Waals surface area (Å²) in [6.07, 6.45) is 3.16. The quantitative estimate of drug-likeness (QED) is 0.785. The lowest BCUT2D eigenvalue weighted by molar-refractivity contribution is 0.579. The van der Waals surface area contributed by atoms with Crippen molar-refractivity contribution in [3.05, 3.63) is 30.3 Å². The van der Waals surface area contributed by atoms with Crippen LogP contribution >= 0.6 is 0 Å². The second kappa shape index (κ2) is 3.49. The molecule has 0 saturated heterocycles. The van der Waals surface area contributed by atoms with Crippen molar-refractivity contribution in [3.63, 3.8) is 0 Å². The first-order chi connectivity index (χ1) is 6.83. The highest BCUT2D eigenvalue weighted by molar-refractivity contribution is 5.63. The maximum Gasteiger partial charge on any atom is 0.152 e. The number of hydrogen-bond acceptors (Lipinski definition) is 4. The summed E-state index contributed by atoms with van der Waals surface area (Å²) in [5.41, 5.74) is 1.82. The van der Waals surface area contributed by atoms with E-state index in [1.807, 2.05) is 26.1 Å². The van der Waals surface area contributed by atoms with Gasteiger partial charge in [-0.05, 0) is 19.1 Å². The van der Waals surface area contributed by atoms with Crippen molar-refractivity contribution in [2.75, 3.05) is 12.4 Å². The third-order valence-electron chi connectivity index (χ3n) is 2.08. The molecule has 0 unspecified atom stereocenters. The number of nitrogens with one attached hydrogen (secondary N) is 1. The van der Waals surface area contributed by atoms with E-state index in [1.54, 1.807) is 6.26 Å². The van der Waals surface area contributed by atoms with E-state index >= 15 is 0 Å². The number of furan rings is 1. The maximum absolute atomic E-state index is 5.28. The zero-order valence-corrected chi connectivity index (χ0v) is 8.11. The highest BCUT2D eigenvalue weighted by Crippen LogP contribution is 2.24. The van der Waals surface area contributed by atoms with E-state index in [0.717, 1.165) is 22.8 Å². The lowest BCUT2D eigenvalue weighted by Gasteiger charge is -2.05. The van der Waals surface area contributed by atoms with Crippen molar-refractivity contribution in [2.24, 2.45) is 0 Å². The summed E-state index contributed by atoms with van der Waals surface area (Å²) in [5.74, 6) is 1.59. The van der Waals surface area contributed by atoms with Crippen LogP contribution in [0.25, 0.3) is 11.5 Å². The topological polar surface area (TPSA) is 51.0 Å². The summed E-state index contributed by atoms with van der Waals surface area (Å²) >= 11 is 0. The van der Waals surface area contributed by atoms with Crippen molar-refractivity contribution in [1.29, 1.82) is 0 Å². The number of anilines is 1. The van der Waals surface area contributed by atoms with Gasteiger partial charge in [0.05, 0.1) is 6.26 Å². The van der Waals surface area contributed by atoms with Gasteiger partial charge < -0.3 is 9.73 Å². The molecule has 72 valence electrons. The van der Waals surface area contributed by atoms with E-state index in [-0.39, 0.29) is 0 Å². The van der Waals surface area contributed by atoms with Gasteiger partial charge in [0.25, 0.3) is 0 Å². The van der Waals surface area contributed by atoms with Crippen LogP contribution in [0.1, 0.15) is 5.56 Å². The van der Waals surface area contributed by atoms with E-state index in [1.165, 1.54) is 6.33 Å². The van der Waals surface area contributed by atoms with Crippen molar-refractivity contribution < 1.29 is 4.42 Å². The average Bonchev–Trinajstić information content (AvgIpc) is 2.71. The van der Waals surface area contributed by atoms with Gasteiger partial charge in [0, 0.05) is 12.6 Å². The SMILES string of the molecule is CNc1ncnc(-c2ccco2)c1C. The molecule has 0 saturated carbocycles. The zero-order chi connectivity index (χ0) is 9.97. The van der Waals surface area contributed by atoms with E-state index < -0.39 is 0 Å². The molecule has 4 nitrogen and oxygen atoms in total. The van der Waals surface area contributed by atoms with Crippen molar-refractivity contribution >= 4 is 5.82 Å². The minimum atomic E-state index is 0.765. The Kier molecular flexibility index (Phi) is 2.18. The molecule has 0 amide bonds. The third kappa shape index (κ3) is 1.35. The number of hydrogen-bond donors (Lipinski definition) is 1. The molecular formula is C10H11N3O. The summed E-state index contributed by atoms with van der Waals surface area (Å²) in [5, 5.41) is 3.00. The summed E-state index contributed by atoms with van der Waals surface area (Å²) in [6.45, 7) is 1.96. The molecule has 0 spiro atoms. The van der Waals surface area contributed by atoms with Crippen molar-refractivity contribution in [1.82, 2.24) is 9.97 Å². The second-order valence-electron chi connectivity index (χ2n) is 2.92. The van der Waals surface area contributed by atoms with Gasteiger partial charge in [-0.25, -0.2) is 9.97 Å². The predicted octanol–water partition coefficient (Wildman–Crippen LogP) is 2.09. The van der Waals surface area contributed by atoms with Crippen LogP contribution in [0.2, 0.25) is 0 Å². The molecule has 14 heavy (non-hydrogen) atoms. The van der Waals surface area contributed by atoms with E-state index in [4.69, 9.17) is 4.42 Å². The summed E-state index contributed by atoms with van der Waals surface area (Å²) in [7, 11) is 1.83. The first-order valence-electron chi connectivity index (χ1n) is 4.36. The first kappa shape index (κ1) is 8.74. The summed E-state index contributed by atoms with van der Waals surface area (Å²) in [6, 6.07) is 3.73. The minimum absolute atomic E-state index is 0.765. The Balaban J connectivity index is 2.54. The Morgan fingerprint density at radius 3 is 2.86 bits per heavy atom. The van der Waals surface area contributed by atoms with Crippen LogP contribution in [-0.2, 0) is 0 Å². The average molecular weight is 189 g/mol. The summed E-state index contributed by atoms with van der Waals surface area (Å²) < 4.78 is 5.28.